The van der Waals surface area contributed by atoms with Gasteiger partial charge in [-0.2, -0.15) is 9.40 Å². The lowest BCUT2D eigenvalue weighted by molar-refractivity contribution is -0.126. The van der Waals surface area contributed by atoms with E-state index in [1.54, 1.807) is 39.3 Å². The largest absolute Gasteiger partial charge is 0.497 e. The van der Waals surface area contributed by atoms with E-state index < -0.39 is 10.0 Å². The summed E-state index contributed by atoms with van der Waals surface area (Å²) in [5.74, 6) is 0.406. The van der Waals surface area contributed by atoms with E-state index in [4.69, 9.17) is 9.47 Å². The van der Waals surface area contributed by atoms with Crippen LogP contribution in [-0.4, -0.2) is 67.9 Å². The van der Waals surface area contributed by atoms with Crippen LogP contribution in [0.1, 0.15) is 36.1 Å². The summed E-state index contributed by atoms with van der Waals surface area (Å²) < 4.78 is 41.4. The number of ether oxygens (including phenoxy) is 2. The van der Waals surface area contributed by atoms with Crippen molar-refractivity contribution in [1.82, 2.24) is 19.4 Å². The van der Waals surface area contributed by atoms with E-state index in [1.807, 2.05) is 17.7 Å². The molecule has 1 aliphatic heterocycles. The Morgan fingerprint density at radius 1 is 1.21 bits per heavy atom. The van der Waals surface area contributed by atoms with E-state index >= 15 is 0 Å². The number of hydrogen-bond acceptors (Lipinski definition) is 6. The summed E-state index contributed by atoms with van der Waals surface area (Å²) in [5.41, 5.74) is 2.34. The summed E-state index contributed by atoms with van der Waals surface area (Å²) in [6, 6.07) is 5.09. The van der Waals surface area contributed by atoms with Crippen molar-refractivity contribution in [2.24, 2.45) is 0 Å². The minimum absolute atomic E-state index is 0.108. The molecule has 2 heterocycles. The molecular weight excluding hydrogens is 444 g/mol. The number of carbonyl (C=O) groups excluding carboxylic acids is 1. The molecule has 1 unspecified atom stereocenters. The van der Waals surface area contributed by atoms with E-state index in [2.05, 4.69) is 10.4 Å². The fourth-order valence-electron chi connectivity index (χ4n) is 4.28. The van der Waals surface area contributed by atoms with Crippen LogP contribution in [0.2, 0.25) is 0 Å². The number of nitrogens with zero attached hydrogens (tertiary/aromatic N) is 3. The number of benzene rings is 1. The number of sulfonamides is 1. The molecule has 1 aromatic carbocycles. The smallest absolute Gasteiger partial charge is 0.246 e. The van der Waals surface area contributed by atoms with Crippen molar-refractivity contribution in [2.45, 2.75) is 57.5 Å². The first-order valence-electron chi connectivity index (χ1n) is 11.2. The SMILES string of the molecule is COc1cc(C)c(S(=O)(=O)N2CCCCC2COCC(=O)NCCn2nccc2C)c(C)c1. The maximum absolute atomic E-state index is 13.6. The number of aryl methyl sites for hydroxylation is 3. The van der Waals surface area contributed by atoms with Crippen molar-refractivity contribution in [3.05, 3.63) is 41.2 Å². The molecule has 2 aromatic rings. The van der Waals surface area contributed by atoms with Gasteiger partial charge in [0, 0.05) is 31.0 Å². The molecule has 182 valence electrons. The van der Waals surface area contributed by atoms with Crippen LogP contribution in [0.5, 0.6) is 5.75 Å². The average Bonchev–Trinajstić information content (AvgIpc) is 3.18. The van der Waals surface area contributed by atoms with E-state index in [9.17, 15) is 13.2 Å². The van der Waals surface area contributed by atoms with Gasteiger partial charge in [-0.1, -0.05) is 6.42 Å². The van der Waals surface area contributed by atoms with Crippen LogP contribution >= 0.6 is 0 Å². The molecule has 10 heteroatoms. The molecule has 0 radical (unpaired) electrons. The monoisotopic (exact) mass is 478 g/mol. The number of hydrogen-bond donors (Lipinski definition) is 1. The summed E-state index contributed by atoms with van der Waals surface area (Å²) >= 11 is 0. The van der Waals surface area contributed by atoms with Crippen molar-refractivity contribution in [3.8, 4) is 5.75 Å². The van der Waals surface area contributed by atoms with Crippen LogP contribution in [0.15, 0.2) is 29.3 Å². The predicted molar refractivity (Wildman–Crippen MR) is 125 cm³/mol. The molecule has 1 aromatic heterocycles. The number of amides is 1. The summed E-state index contributed by atoms with van der Waals surface area (Å²) in [5, 5.41) is 6.99. The topological polar surface area (TPSA) is 103 Å². The molecule has 0 bridgehead atoms. The van der Waals surface area contributed by atoms with Crippen molar-refractivity contribution < 1.29 is 22.7 Å². The van der Waals surface area contributed by atoms with Gasteiger partial charge in [-0.25, -0.2) is 8.42 Å². The first-order valence-corrected chi connectivity index (χ1v) is 12.7. The summed E-state index contributed by atoms with van der Waals surface area (Å²) in [6.07, 6.45) is 4.15. The van der Waals surface area contributed by atoms with Crippen LogP contribution in [0.4, 0.5) is 0 Å². The van der Waals surface area contributed by atoms with Gasteiger partial charge in [0.2, 0.25) is 15.9 Å². The molecule has 0 spiro atoms. The minimum atomic E-state index is -3.70. The van der Waals surface area contributed by atoms with Crippen molar-refractivity contribution in [1.29, 1.82) is 0 Å². The summed E-state index contributed by atoms with van der Waals surface area (Å²) in [6.45, 7) is 7.07. The fraction of sp³-hybridized carbons (Fsp3) is 0.565. The van der Waals surface area contributed by atoms with Crippen LogP contribution in [-0.2, 0) is 26.1 Å². The summed E-state index contributed by atoms with van der Waals surface area (Å²) in [4.78, 5) is 12.5. The van der Waals surface area contributed by atoms with E-state index in [1.165, 1.54) is 4.31 Å². The quantitative estimate of drug-likeness (QED) is 0.562. The lowest BCUT2D eigenvalue weighted by atomic mass is 10.1. The highest BCUT2D eigenvalue weighted by Crippen LogP contribution is 2.31. The molecule has 1 fully saturated rings. The van der Waals surface area contributed by atoms with Crippen LogP contribution in [0, 0.1) is 20.8 Å². The number of methoxy groups -OCH3 is 1. The van der Waals surface area contributed by atoms with Crippen molar-refractivity contribution in [2.75, 3.05) is 33.4 Å². The molecule has 33 heavy (non-hydrogen) atoms. The zero-order chi connectivity index (χ0) is 24.0. The standard InChI is InChI=1S/C23H34N4O5S/c1-17-13-21(31-4)14-18(2)23(17)33(29,30)27-11-6-5-7-20(27)15-32-16-22(28)24-10-12-26-19(3)8-9-25-26/h8-9,13-14,20H,5-7,10-12,15-16H2,1-4H3,(H,24,28). The number of nitrogens with one attached hydrogen (secondary N) is 1. The maximum Gasteiger partial charge on any atom is 0.246 e. The van der Waals surface area contributed by atoms with Gasteiger partial charge < -0.3 is 14.8 Å². The molecular formula is C23H34N4O5S. The van der Waals surface area contributed by atoms with Crippen molar-refractivity contribution in [3.63, 3.8) is 0 Å². The van der Waals surface area contributed by atoms with E-state index in [-0.39, 0.29) is 25.2 Å². The normalized spacial score (nSPS) is 17.2. The average molecular weight is 479 g/mol. The molecule has 3 rings (SSSR count). The maximum atomic E-state index is 13.6. The second-order valence-corrected chi connectivity index (χ2v) is 10.2. The first kappa shape index (κ1) is 25.2. The Morgan fingerprint density at radius 2 is 1.94 bits per heavy atom. The molecule has 1 saturated heterocycles. The Hall–Kier alpha value is -2.43. The highest BCUT2D eigenvalue weighted by Gasteiger charge is 2.35. The second-order valence-electron chi connectivity index (χ2n) is 8.42. The molecule has 0 saturated carbocycles. The number of aromatic nitrogens is 2. The van der Waals surface area contributed by atoms with E-state index in [0.717, 1.165) is 18.5 Å². The Bertz CT molecular complexity index is 1040. The van der Waals surface area contributed by atoms with Gasteiger partial charge in [0.15, 0.2) is 0 Å². The lowest BCUT2D eigenvalue weighted by Gasteiger charge is -2.35. The fourth-order valence-corrected chi connectivity index (χ4v) is 6.38. The second kappa shape index (κ2) is 11.1. The van der Waals surface area contributed by atoms with Gasteiger partial charge in [0.1, 0.15) is 12.4 Å². The third-order valence-corrected chi connectivity index (χ3v) is 8.19. The Kier molecular flexibility index (Phi) is 8.50. The van der Waals surface area contributed by atoms with Crippen LogP contribution in [0.3, 0.4) is 0 Å². The van der Waals surface area contributed by atoms with Gasteiger partial charge in [0.25, 0.3) is 0 Å². The van der Waals surface area contributed by atoms with Crippen LogP contribution in [0.25, 0.3) is 0 Å². The molecule has 9 nitrogen and oxygen atoms in total. The van der Waals surface area contributed by atoms with Gasteiger partial charge in [-0.05, 0) is 62.9 Å². The summed E-state index contributed by atoms with van der Waals surface area (Å²) in [7, 11) is -2.14. The zero-order valence-electron chi connectivity index (χ0n) is 19.8. The molecule has 1 atom stereocenters. The molecule has 0 aliphatic carbocycles. The third kappa shape index (κ3) is 6.13. The Morgan fingerprint density at radius 3 is 2.58 bits per heavy atom. The number of piperidine rings is 1. The predicted octanol–water partition coefficient (Wildman–Crippen LogP) is 2.19. The van der Waals surface area contributed by atoms with Crippen molar-refractivity contribution >= 4 is 15.9 Å². The minimum Gasteiger partial charge on any atom is -0.497 e. The van der Waals surface area contributed by atoms with Gasteiger partial charge >= 0.3 is 0 Å². The van der Waals surface area contributed by atoms with E-state index in [0.29, 0.717) is 47.8 Å². The molecule has 1 N–H and O–H groups in total. The Balaban J connectivity index is 1.58. The highest BCUT2D eigenvalue weighted by molar-refractivity contribution is 7.89. The van der Waals surface area contributed by atoms with Gasteiger partial charge in [-0.15, -0.1) is 0 Å². The lowest BCUT2D eigenvalue weighted by Crippen LogP contribution is -2.46. The number of rotatable bonds is 10. The first-order chi connectivity index (χ1) is 15.7. The molecule has 1 aliphatic rings. The van der Waals surface area contributed by atoms with Gasteiger partial charge in [0.05, 0.1) is 25.2 Å². The van der Waals surface area contributed by atoms with Crippen LogP contribution < -0.4 is 10.1 Å². The highest BCUT2D eigenvalue weighted by atomic mass is 32.2. The molecule has 1 amide bonds. The van der Waals surface area contributed by atoms with Gasteiger partial charge in [-0.3, -0.25) is 9.48 Å². The zero-order valence-corrected chi connectivity index (χ0v) is 20.7. The Labute approximate surface area is 196 Å². The number of carbonyl (C=O) groups is 1. The third-order valence-electron chi connectivity index (χ3n) is 5.93.